The van der Waals surface area contributed by atoms with E-state index in [1.807, 2.05) is 54.6 Å². The van der Waals surface area contributed by atoms with E-state index >= 15 is 0 Å². The molecule has 0 radical (unpaired) electrons. The Morgan fingerprint density at radius 1 is 0.451 bits per heavy atom. The Kier molecular flexibility index (Phi) is 9.66. The Bertz CT molecular complexity index is 2310. The average Bonchev–Trinajstić information content (AvgIpc) is 3.19. The van der Waals surface area contributed by atoms with Crippen LogP contribution < -0.4 is 9.47 Å². The van der Waals surface area contributed by atoms with Crippen LogP contribution in [0, 0.1) is 0 Å². The van der Waals surface area contributed by atoms with Crippen molar-refractivity contribution in [3.63, 3.8) is 0 Å². The molecule has 0 saturated heterocycles. The van der Waals surface area contributed by atoms with E-state index in [2.05, 4.69) is 91.0 Å². The van der Waals surface area contributed by atoms with Gasteiger partial charge in [0, 0.05) is 16.7 Å². The molecule has 0 bridgehead atoms. The molecule has 0 saturated carbocycles. The van der Waals surface area contributed by atoms with Crippen LogP contribution in [0.2, 0.25) is 0 Å². The van der Waals surface area contributed by atoms with E-state index in [1.54, 1.807) is 31.4 Å². The minimum Gasteiger partial charge on any atom is -0.496 e. The summed E-state index contributed by atoms with van der Waals surface area (Å²) in [6.45, 7) is 1.48. The van der Waals surface area contributed by atoms with Gasteiger partial charge in [-0.15, -0.1) is 0 Å². The molecule has 4 heteroatoms. The van der Waals surface area contributed by atoms with E-state index in [-0.39, 0.29) is 5.78 Å². The van der Waals surface area contributed by atoms with E-state index in [1.165, 1.54) is 12.5 Å². The fourth-order valence-corrected chi connectivity index (χ4v) is 6.30. The number of hydrogen-bond donors (Lipinski definition) is 0. The molecule has 0 aromatic heterocycles. The van der Waals surface area contributed by atoms with Crippen LogP contribution in [0.5, 0.6) is 11.5 Å². The SMILES string of the molecule is COc1ccc(Cc2ccc(OC(=O)c3cccc(C(C)=O)c3)c(-c3ccc(-c4ccccc4)cc3)c2)cc1-c1ccc(-c2ccccc2)cc1. The van der Waals surface area contributed by atoms with E-state index in [9.17, 15) is 9.59 Å². The highest BCUT2D eigenvalue weighted by atomic mass is 16.5. The first kappa shape index (κ1) is 33.0. The maximum Gasteiger partial charge on any atom is 0.343 e. The van der Waals surface area contributed by atoms with Gasteiger partial charge in [0.25, 0.3) is 0 Å². The number of methoxy groups -OCH3 is 1. The highest BCUT2D eigenvalue weighted by Crippen LogP contribution is 2.36. The second-order valence-electron chi connectivity index (χ2n) is 12.5. The molecule has 248 valence electrons. The van der Waals surface area contributed by atoms with E-state index in [0.717, 1.165) is 55.8 Å². The minimum absolute atomic E-state index is 0.112. The maximum absolute atomic E-state index is 13.4. The Morgan fingerprint density at radius 2 is 0.902 bits per heavy atom. The predicted molar refractivity (Wildman–Crippen MR) is 205 cm³/mol. The van der Waals surface area contributed by atoms with Crippen LogP contribution in [-0.2, 0) is 6.42 Å². The van der Waals surface area contributed by atoms with Gasteiger partial charge in [-0.25, -0.2) is 4.79 Å². The average molecular weight is 665 g/mol. The smallest absolute Gasteiger partial charge is 0.343 e. The number of rotatable bonds is 10. The summed E-state index contributed by atoms with van der Waals surface area (Å²) >= 11 is 0. The second kappa shape index (κ2) is 14.9. The molecule has 0 unspecified atom stereocenters. The van der Waals surface area contributed by atoms with Crippen molar-refractivity contribution in [3.8, 4) is 56.0 Å². The van der Waals surface area contributed by atoms with Crippen molar-refractivity contribution in [3.05, 3.63) is 192 Å². The van der Waals surface area contributed by atoms with Crippen LogP contribution in [0.25, 0.3) is 44.5 Å². The summed E-state index contributed by atoms with van der Waals surface area (Å²) in [5.41, 5.74) is 11.3. The van der Waals surface area contributed by atoms with Gasteiger partial charge >= 0.3 is 5.97 Å². The monoisotopic (exact) mass is 664 g/mol. The molecule has 0 fully saturated rings. The number of ether oxygens (including phenoxy) is 2. The lowest BCUT2D eigenvalue weighted by molar-refractivity contribution is 0.0735. The maximum atomic E-state index is 13.4. The van der Waals surface area contributed by atoms with Crippen molar-refractivity contribution in [1.29, 1.82) is 0 Å². The molecule has 0 aliphatic rings. The van der Waals surface area contributed by atoms with Gasteiger partial charge in [0.15, 0.2) is 5.78 Å². The normalized spacial score (nSPS) is 10.8. The third-order valence-corrected chi connectivity index (χ3v) is 9.03. The summed E-state index contributed by atoms with van der Waals surface area (Å²) < 4.78 is 11.8. The van der Waals surface area contributed by atoms with Gasteiger partial charge in [-0.3, -0.25) is 4.79 Å². The van der Waals surface area contributed by atoms with Gasteiger partial charge in [0.2, 0.25) is 0 Å². The Balaban J connectivity index is 1.21. The molecular formula is C47H36O4. The standard InChI is InChI=1S/C47H36O4/c1-32(48)41-14-9-15-42(31-41)47(49)51-46-27-17-34(30-44(46)40-24-20-38(21-25-40)36-12-7-4-8-13-36)28-33-16-26-45(50-2)43(29-33)39-22-18-37(19-23-39)35-10-5-3-6-11-35/h3-27,29-31H,28H2,1-2H3. The van der Waals surface area contributed by atoms with Crippen LogP contribution in [0.1, 0.15) is 38.8 Å². The first-order valence-corrected chi connectivity index (χ1v) is 16.9. The van der Waals surface area contributed by atoms with Gasteiger partial charge in [-0.1, -0.05) is 133 Å². The van der Waals surface area contributed by atoms with Crippen LogP contribution in [0.4, 0.5) is 0 Å². The number of benzene rings is 7. The number of hydrogen-bond acceptors (Lipinski definition) is 4. The molecule has 0 N–H and O–H groups in total. The van der Waals surface area contributed by atoms with Crippen molar-refractivity contribution in [2.24, 2.45) is 0 Å². The number of esters is 1. The van der Waals surface area contributed by atoms with Gasteiger partial charge in [-0.05, 0) is 94.3 Å². The van der Waals surface area contributed by atoms with Crippen molar-refractivity contribution in [1.82, 2.24) is 0 Å². The number of ketones is 1. The highest BCUT2D eigenvalue weighted by Gasteiger charge is 2.16. The van der Waals surface area contributed by atoms with Crippen molar-refractivity contribution < 1.29 is 19.1 Å². The van der Waals surface area contributed by atoms with Gasteiger partial charge in [0.1, 0.15) is 11.5 Å². The first-order valence-electron chi connectivity index (χ1n) is 16.9. The summed E-state index contributed by atoms with van der Waals surface area (Å²) in [6.07, 6.45) is 0.656. The molecule has 0 amide bonds. The molecule has 7 rings (SSSR count). The Morgan fingerprint density at radius 3 is 1.41 bits per heavy atom. The zero-order valence-corrected chi connectivity index (χ0v) is 28.5. The van der Waals surface area contributed by atoms with E-state index in [0.29, 0.717) is 23.3 Å². The summed E-state index contributed by atoms with van der Waals surface area (Å²) in [6, 6.07) is 56.2. The topological polar surface area (TPSA) is 52.6 Å². The fraction of sp³-hybridized carbons (Fsp3) is 0.0638. The van der Waals surface area contributed by atoms with E-state index in [4.69, 9.17) is 9.47 Å². The molecule has 51 heavy (non-hydrogen) atoms. The summed E-state index contributed by atoms with van der Waals surface area (Å²) in [4.78, 5) is 25.4. The molecule has 4 nitrogen and oxygen atoms in total. The molecule has 0 aliphatic carbocycles. The summed E-state index contributed by atoms with van der Waals surface area (Å²) in [7, 11) is 1.70. The van der Waals surface area contributed by atoms with Crippen molar-refractivity contribution in [2.45, 2.75) is 13.3 Å². The fourth-order valence-electron chi connectivity index (χ4n) is 6.30. The van der Waals surface area contributed by atoms with Crippen LogP contribution in [-0.4, -0.2) is 18.9 Å². The molecule has 0 spiro atoms. The Hall–Kier alpha value is -6.52. The Labute approximate surface area is 298 Å². The van der Waals surface area contributed by atoms with Crippen molar-refractivity contribution in [2.75, 3.05) is 7.11 Å². The molecule has 0 heterocycles. The van der Waals surface area contributed by atoms with Gasteiger partial charge in [-0.2, -0.15) is 0 Å². The number of carbonyl (C=O) groups is 2. The van der Waals surface area contributed by atoms with E-state index < -0.39 is 5.97 Å². The zero-order chi connectivity index (χ0) is 35.2. The third-order valence-electron chi connectivity index (χ3n) is 9.03. The lowest BCUT2D eigenvalue weighted by Crippen LogP contribution is -2.10. The molecule has 7 aromatic carbocycles. The third kappa shape index (κ3) is 7.56. The second-order valence-corrected chi connectivity index (χ2v) is 12.5. The minimum atomic E-state index is -0.522. The lowest BCUT2D eigenvalue weighted by Gasteiger charge is -2.15. The number of carbonyl (C=O) groups excluding carboxylic acids is 2. The summed E-state index contributed by atoms with van der Waals surface area (Å²) in [5, 5.41) is 0. The molecule has 7 aromatic rings. The van der Waals surface area contributed by atoms with Crippen molar-refractivity contribution >= 4 is 11.8 Å². The lowest BCUT2D eigenvalue weighted by atomic mass is 9.94. The van der Waals surface area contributed by atoms with Crippen LogP contribution >= 0.6 is 0 Å². The van der Waals surface area contributed by atoms with Crippen LogP contribution in [0.15, 0.2) is 170 Å². The zero-order valence-electron chi connectivity index (χ0n) is 28.5. The molecule has 0 aliphatic heterocycles. The molecule has 0 atom stereocenters. The number of Topliss-reactive ketones (excluding diaryl/α,β-unsaturated/α-hetero) is 1. The van der Waals surface area contributed by atoms with Gasteiger partial charge < -0.3 is 9.47 Å². The predicted octanol–water partition coefficient (Wildman–Crippen LogP) is 11.4. The first-order chi connectivity index (χ1) is 24.9. The quantitative estimate of drug-likeness (QED) is 0.0829. The molecular weight excluding hydrogens is 629 g/mol. The van der Waals surface area contributed by atoms with Gasteiger partial charge in [0.05, 0.1) is 12.7 Å². The summed E-state index contributed by atoms with van der Waals surface area (Å²) in [5.74, 6) is 0.616. The highest BCUT2D eigenvalue weighted by molar-refractivity contribution is 5.98. The largest absolute Gasteiger partial charge is 0.496 e. The van der Waals surface area contributed by atoms with Crippen LogP contribution in [0.3, 0.4) is 0 Å².